The first-order valence-corrected chi connectivity index (χ1v) is 8.60. The van der Waals surface area contributed by atoms with Crippen molar-refractivity contribution in [2.45, 2.75) is 17.3 Å². The largest absolute Gasteiger partial charge is 0.455 e. The van der Waals surface area contributed by atoms with Gasteiger partial charge in [0.05, 0.1) is 10.4 Å². The molecule has 0 atom stereocenters. The fourth-order valence-corrected chi connectivity index (χ4v) is 3.27. The molecule has 0 fully saturated rings. The third kappa shape index (κ3) is 4.01. The van der Waals surface area contributed by atoms with Crippen LogP contribution in [0.3, 0.4) is 0 Å². The SMILES string of the molecule is O=C(OCc1cc(-c2cccs2)on1)c1ccccc1SC(F)F. The van der Waals surface area contributed by atoms with Crippen LogP contribution in [-0.2, 0) is 11.3 Å². The van der Waals surface area contributed by atoms with Gasteiger partial charge in [-0.2, -0.15) is 8.78 Å². The van der Waals surface area contributed by atoms with Crippen LogP contribution >= 0.6 is 23.1 Å². The number of aromatic nitrogens is 1. The summed E-state index contributed by atoms with van der Waals surface area (Å²) in [5.74, 6) is -2.70. The number of carbonyl (C=O) groups is 1. The van der Waals surface area contributed by atoms with Crippen LogP contribution in [0.15, 0.2) is 57.3 Å². The van der Waals surface area contributed by atoms with E-state index in [1.807, 2.05) is 17.5 Å². The van der Waals surface area contributed by atoms with E-state index < -0.39 is 11.7 Å². The average molecular weight is 367 g/mol. The normalized spacial score (nSPS) is 11.0. The van der Waals surface area contributed by atoms with Gasteiger partial charge in [-0.1, -0.05) is 35.1 Å². The molecule has 0 radical (unpaired) electrons. The lowest BCUT2D eigenvalue weighted by molar-refractivity contribution is 0.0460. The molecule has 3 rings (SSSR count). The van der Waals surface area contributed by atoms with Gasteiger partial charge in [-0.05, 0) is 23.6 Å². The maximum absolute atomic E-state index is 12.5. The predicted octanol–water partition coefficient (Wildman–Crippen LogP) is 5.07. The van der Waals surface area contributed by atoms with Crippen molar-refractivity contribution in [2.24, 2.45) is 0 Å². The molecule has 0 saturated carbocycles. The van der Waals surface area contributed by atoms with Crippen molar-refractivity contribution < 1.29 is 22.8 Å². The van der Waals surface area contributed by atoms with Crippen molar-refractivity contribution in [3.63, 3.8) is 0 Å². The molecule has 4 nitrogen and oxygen atoms in total. The van der Waals surface area contributed by atoms with Crippen molar-refractivity contribution in [3.05, 3.63) is 59.1 Å². The standard InChI is InChI=1S/C16H11F2NO3S2/c17-16(18)24-13-5-2-1-4-11(13)15(20)21-9-10-8-12(22-19-10)14-6-3-7-23-14/h1-8,16H,9H2. The van der Waals surface area contributed by atoms with E-state index in [4.69, 9.17) is 9.26 Å². The number of nitrogens with zero attached hydrogens (tertiary/aromatic N) is 1. The maximum Gasteiger partial charge on any atom is 0.339 e. The van der Waals surface area contributed by atoms with Crippen LogP contribution in [0.4, 0.5) is 8.78 Å². The van der Waals surface area contributed by atoms with Crippen molar-refractivity contribution in [3.8, 4) is 10.6 Å². The molecular formula is C16H11F2NO3S2. The first-order chi connectivity index (χ1) is 11.6. The van der Waals surface area contributed by atoms with E-state index in [0.717, 1.165) is 4.88 Å². The predicted molar refractivity (Wildman–Crippen MR) is 87.2 cm³/mol. The third-order valence-corrected chi connectivity index (χ3v) is 4.67. The third-order valence-electron chi connectivity index (χ3n) is 3.00. The summed E-state index contributed by atoms with van der Waals surface area (Å²) in [5.41, 5.74) is 0.551. The minimum atomic E-state index is -2.61. The number of benzene rings is 1. The van der Waals surface area contributed by atoms with Crippen LogP contribution in [0, 0.1) is 0 Å². The highest BCUT2D eigenvalue weighted by Gasteiger charge is 2.17. The van der Waals surface area contributed by atoms with E-state index in [2.05, 4.69) is 5.16 Å². The summed E-state index contributed by atoms with van der Waals surface area (Å²) in [6.07, 6.45) is 0. The minimum Gasteiger partial charge on any atom is -0.455 e. The Kier molecular flexibility index (Phi) is 5.27. The smallest absolute Gasteiger partial charge is 0.339 e. The molecule has 0 aliphatic rings. The number of thioether (sulfide) groups is 1. The van der Waals surface area contributed by atoms with Gasteiger partial charge in [-0.15, -0.1) is 11.3 Å². The van der Waals surface area contributed by atoms with Gasteiger partial charge in [-0.25, -0.2) is 4.79 Å². The second-order valence-corrected chi connectivity index (χ2v) is 6.59. The van der Waals surface area contributed by atoms with Crippen LogP contribution in [0.1, 0.15) is 16.1 Å². The average Bonchev–Trinajstić information content (AvgIpc) is 3.24. The molecule has 2 aromatic heterocycles. The van der Waals surface area contributed by atoms with Crippen molar-refractivity contribution in [1.29, 1.82) is 0 Å². The Balaban J connectivity index is 1.66. The molecular weight excluding hydrogens is 356 g/mol. The highest BCUT2D eigenvalue weighted by molar-refractivity contribution is 7.99. The Morgan fingerprint density at radius 3 is 2.88 bits per heavy atom. The molecule has 0 amide bonds. The summed E-state index contributed by atoms with van der Waals surface area (Å²) < 4.78 is 35.4. The summed E-state index contributed by atoms with van der Waals surface area (Å²) in [5, 5.41) is 5.75. The van der Waals surface area contributed by atoms with Crippen molar-refractivity contribution in [2.75, 3.05) is 0 Å². The molecule has 2 heterocycles. The molecule has 8 heteroatoms. The van der Waals surface area contributed by atoms with Gasteiger partial charge < -0.3 is 9.26 Å². The highest BCUT2D eigenvalue weighted by atomic mass is 32.2. The lowest BCUT2D eigenvalue weighted by atomic mass is 10.2. The Labute approximate surface area is 144 Å². The number of thiophene rings is 1. The summed E-state index contributed by atoms with van der Waals surface area (Å²) in [6.45, 7) is -0.0958. The molecule has 124 valence electrons. The van der Waals surface area contributed by atoms with E-state index in [1.54, 1.807) is 18.2 Å². The second-order valence-electron chi connectivity index (χ2n) is 4.61. The summed E-state index contributed by atoms with van der Waals surface area (Å²) in [6, 6.07) is 11.5. The van der Waals surface area contributed by atoms with Gasteiger partial charge in [0.2, 0.25) is 0 Å². The number of hydrogen-bond donors (Lipinski definition) is 0. The topological polar surface area (TPSA) is 52.3 Å². The minimum absolute atomic E-state index is 0.0958. The highest BCUT2D eigenvalue weighted by Crippen LogP contribution is 2.29. The van der Waals surface area contributed by atoms with Crippen molar-refractivity contribution >= 4 is 29.1 Å². The zero-order valence-electron chi connectivity index (χ0n) is 12.1. The Bertz CT molecular complexity index is 818. The second kappa shape index (κ2) is 7.59. The van der Waals surface area contributed by atoms with Gasteiger partial charge in [0.15, 0.2) is 5.76 Å². The molecule has 24 heavy (non-hydrogen) atoms. The summed E-state index contributed by atoms with van der Waals surface area (Å²) in [4.78, 5) is 13.2. The van der Waals surface area contributed by atoms with E-state index in [-0.39, 0.29) is 17.1 Å². The van der Waals surface area contributed by atoms with Gasteiger partial charge in [0, 0.05) is 11.0 Å². The number of esters is 1. The molecule has 3 aromatic rings. The zero-order valence-corrected chi connectivity index (χ0v) is 13.8. The monoisotopic (exact) mass is 367 g/mol. The summed E-state index contributed by atoms with van der Waals surface area (Å²) >= 11 is 1.81. The molecule has 0 bridgehead atoms. The van der Waals surface area contributed by atoms with E-state index >= 15 is 0 Å². The van der Waals surface area contributed by atoms with E-state index in [1.165, 1.54) is 23.5 Å². The van der Waals surface area contributed by atoms with Gasteiger partial charge in [-0.3, -0.25) is 0 Å². The first kappa shape index (κ1) is 16.7. The number of carbonyl (C=O) groups excluding carboxylic acids is 1. The van der Waals surface area contributed by atoms with Gasteiger partial charge in [0.25, 0.3) is 5.76 Å². The van der Waals surface area contributed by atoms with Crippen LogP contribution in [0.2, 0.25) is 0 Å². The Hall–Kier alpha value is -2.19. The van der Waals surface area contributed by atoms with Gasteiger partial charge >= 0.3 is 5.97 Å². The maximum atomic E-state index is 12.5. The quantitative estimate of drug-likeness (QED) is 0.449. The summed E-state index contributed by atoms with van der Waals surface area (Å²) in [7, 11) is 0. The van der Waals surface area contributed by atoms with Crippen LogP contribution in [0.25, 0.3) is 10.6 Å². The van der Waals surface area contributed by atoms with Gasteiger partial charge in [0.1, 0.15) is 12.3 Å². The molecule has 0 spiro atoms. The lowest BCUT2D eigenvalue weighted by Crippen LogP contribution is -2.07. The molecule has 0 aliphatic heterocycles. The number of ether oxygens (including phenoxy) is 1. The van der Waals surface area contributed by atoms with E-state index in [9.17, 15) is 13.6 Å². The fourth-order valence-electron chi connectivity index (χ4n) is 1.97. The molecule has 0 N–H and O–H groups in total. The van der Waals surface area contributed by atoms with Crippen molar-refractivity contribution in [1.82, 2.24) is 5.16 Å². The lowest BCUT2D eigenvalue weighted by Gasteiger charge is -2.07. The molecule has 1 aromatic carbocycles. The van der Waals surface area contributed by atoms with Crippen LogP contribution < -0.4 is 0 Å². The van der Waals surface area contributed by atoms with E-state index in [0.29, 0.717) is 23.2 Å². The Morgan fingerprint density at radius 1 is 1.29 bits per heavy atom. The molecule has 0 aliphatic carbocycles. The first-order valence-electron chi connectivity index (χ1n) is 6.84. The number of hydrogen-bond acceptors (Lipinski definition) is 6. The molecule has 0 unspecified atom stereocenters. The number of halogens is 2. The molecule has 0 saturated heterocycles. The zero-order chi connectivity index (χ0) is 16.9. The van der Waals surface area contributed by atoms with Crippen LogP contribution in [-0.4, -0.2) is 16.9 Å². The fraction of sp³-hybridized carbons (Fsp3) is 0.125. The number of alkyl halides is 2. The number of rotatable bonds is 6. The van der Waals surface area contributed by atoms with Crippen LogP contribution in [0.5, 0.6) is 0 Å². The Morgan fingerprint density at radius 2 is 2.12 bits per heavy atom.